The summed E-state index contributed by atoms with van der Waals surface area (Å²) in [5, 5.41) is 2.89. The second-order valence-electron chi connectivity index (χ2n) is 8.04. The number of nitrogens with two attached hydrogens (primary N) is 1. The quantitative estimate of drug-likeness (QED) is 0.535. The standard InChI is InChI=1S/C23H28F2N4O2/c1-4-5-11-23(3,26)14-27-22(30)20-15(2)28-21-19(10-7-12-29(20)21)31-13-16-17(24)8-6-9-18(16)25/h6-10,12H,4-5,11,13-14,26H2,1-3H3,(H,27,30). The predicted octanol–water partition coefficient (Wildman–Crippen LogP) is 4.14. The van der Waals surface area contributed by atoms with E-state index in [1.165, 1.54) is 18.2 Å². The molecule has 0 bridgehead atoms. The summed E-state index contributed by atoms with van der Waals surface area (Å²) in [6, 6.07) is 6.98. The maximum absolute atomic E-state index is 13.9. The number of rotatable bonds is 9. The number of nitrogens with one attached hydrogen (secondary N) is 1. The van der Waals surface area contributed by atoms with E-state index >= 15 is 0 Å². The fourth-order valence-electron chi connectivity index (χ4n) is 3.40. The Morgan fingerprint density at radius 2 is 1.97 bits per heavy atom. The van der Waals surface area contributed by atoms with Gasteiger partial charge < -0.3 is 15.8 Å². The topological polar surface area (TPSA) is 81.6 Å². The normalized spacial score (nSPS) is 13.2. The molecule has 0 aliphatic rings. The maximum atomic E-state index is 13.9. The molecule has 0 aliphatic carbocycles. The van der Waals surface area contributed by atoms with E-state index < -0.39 is 17.2 Å². The highest BCUT2D eigenvalue weighted by Gasteiger charge is 2.23. The Bertz CT molecular complexity index is 1060. The van der Waals surface area contributed by atoms with Gasteiger partial charge in [-0.1, -0.05) is 25.8 Å². The molecule has 0 spiro atoms. The van der Waals surface area contributed by atoms with Crippen molar-refractivity contribution in [2.24, 2.45) is 5.73 Å². The lowest BCUT2D eigenvalue weighted by Crippen LogP contribution is -2.47. The zero-order valence-electron chi connectivity index (χ0n) is 18.0. The summed E-state index contributed by atoms with van der Waals surface area (Å²) < 4.78 is 35.1. The molecule has 0 aliphatic heterocycles. The van der Waals surface area contributed by atoms with Gasteiger partial charge >= 0.3 is 0 Å². The van der Waals surface area contributed by atoms with Gasteiger partial charge in [0.25, 0.3) is 5.91 Å². The maximum Gasteiger partial charge on any atom is 0.270 e. The van der Waals surface area contributed by atoms with E-state index in [2.05, 4.69) is 17.2 Å². The summed E-state index contributed by atoms with van der Waals surface area (Å²) >= 11 is 0. The molecule has 8 heteroatoms. The molecule has 1 aromatic carbocycles. The first kappa shape index (κ1) is 22.7. The number of aryl methyl sites for hydroxylation is 1. The Hall–Kier alpha value is -3.00. The summed E-state index contributed by atoms with van der Waals surface area (Å²) in [5.74, 6) is -1.34. The molecule has 2 heterocycles. The van der Waals surface area contributed by atoms with E-state index in [9.17, 15) is 13.6 Å². The van der Waals surface area contributed by atoms with Crippen LogP contribution < -0.4 is 15.8 Å². The lowest BCUT2D eigenvalue weighted by molar-refractivity contribution is 0.0937. The number of hydrogen-bond donors (Lipinski definition) is 2. The third kappa shape index (κ3) is 5.19. The molecule has 3 aromatic rings. The smallest absolute Gasteiger partial charge is 0.270 e. The van der Waals surface area contributed by atoms with E-state index in [0.717, 1.165) is 19.3 Å². The number of amides is 1. The summed E-state index contributed by atoms with van der Waals surface area (Å²) in [5.41, 5.74) is 6.88. The summed E-state index contributed by atoms with van der Waals surface area (Å²) in [4.78, 5) is 17.3. The average molecular weight is 430 g/mol. The number of fused-ring (bicyclic) bond motifs is 1. The van der Waals surface area contributed by atoms with Crippen molar-refractivity contribution in [1.82, 2.24) is 14.7 Å². The number of aromatic nitrogens is 2. The first-order valence-electron chi connectivity index (χ1n) is 10.3. The minimum Gasteiger partial charge on any atom is -0.485 e. The average Bonchev–Trinajstić information content (AvgIpc) is 3.07. The second-order valence-corrected chi connectivity index (χ2v) is 8.04. The van der Waals surface area contributed by atoms with Crippen molar-refractivity contribution < 1.29 is 18.3 Å². The number of nitrogens with zero attached hydrogens (tertiary/aromatic N) is 2. The van der Waals surface area contributed by atoms with Gasteiger partial charge in [-0.3, -0.25) is 9.20 Å². The van der Waals surface area contributed by atoms with Crippen molar-refractivity contribution in [2.75, 3.05) is 6.54 Å². The number of benzene rings is 1. The molecular weight excluding hydrogens is 402 g/mol. The third-order valence-electron chi connectivity index (χ3n) is 5.19. The summed E-state index contributed by atoms with van der Waals surface area (Å²) in [6.07, 6.45) is 4.52. The van der Waals surface area contributed by atoms with Gasteiger partial charge in [-0.05, 0) is 44.5 Å². The minimum absolute atomic E-state index is 0.167. The molecular formula is C23H28F2N4O2. The van der Waals surface area contributed by atoms with Crippen molar-refractivity contribution in [2.45, 2.75) is 52.2 Å². The van der Waals surface area contributed by atoms with Crippen molar-refractivity contribution >= 4 is 11.6 Å². The molecule has 3 N–H and O–H groups in total. The molecule has 0 radical (unpaired) electrons. The molecule has 0 saturated carbocycles. The van der Waals surface area contributed by atoms with Gasteiger partial charge in [-0.25, -0.2) is 13.8 Å². The monoisotopic (exact) mass is 430 g/mol. The molecule has 31 heavy (non-hydrogen) atoms. The van der Waals surface area contributed by atoms with Crippen LogP contribution in [0.3, 0.4) is 0 Å². The van der Waals surface area contributed by atoms with E-state index in [-0.39, 0.29) is 18.1 Å². The highest BCUT2D eigenvalue weighted by molar-refractivity contribution is 5.95. The molecule has 166 valence electrons. The van der Waals surface area contributed by atoms with Crippen molar-refractivity contribution in [3.63, 3.8) is 0 Å². The predicted molar refractivity (Wildman–Crippen MR) is 115 cm³/mol. The van der Waals surface area contributed by atoms with Crippen LogP contribution >= 0.6 is 0 Å². The van der Waals surface area contributed by atoms with Crippen molar-refractivity contribution in [1.29, 1.82) is 0 Å². The number of carbonyl (C=O) groups excluding carboxylic acids is 1. The first-order valence-corrected chi connectivity index (χ1v) is 10.3. The molecule has 2 aromatic heterocycles. The number of ether oxygens (including phenoxy) is 1. The van der Waals surface area contributed by atoms with Gasteiger partial charge in [0.2, 0.25) is 0 Å². The number of hydrogen-bond acceptors (Lipinski definition) is 4. The van der Waals surface area contributed by atoms with Crippen LogP contribution in [0, 0.1) is 18.6 Å². The number of carbonyl (C=O) groups is 1. The van der Waals surface area contributed by atoms with Crippen LogP contribution in [0.2, 0.25) is 0 Å². The summed E-state index contributed by atoms with van der Waals surface area (Å²) in [7, 11) is 0. The van der Waals surface area contributed by atoms with Crippen molar-refractivity contribution in [3.05, 3.63) is 65.1 Å². The van der Waals surface area contributed by atoms with E-state index in [4.69, 9.17) is 10.5 Å². The van der Waals surface area contributed by atoms with Gasteiger partial charge in [0.15, 0.2) is 11.4 Å². The second kappa shape index (κ2) is 9.43. The van der Waals surface area contributed by atoms with Crippen LogP contribution in [0.5, 0.6) is 5.75 Å². The number of halogens is 2. The Labute approximate surface area is 180 Å². The Balaban J connectivity index is 1.80. The highest BCUT2D eigenvalue weighted by atomic mass is 19.1. The zero-order chi connectivity index (χ0) is 22.6. The molecule has 0 fully saturated rings. The third-order valence-corrected chi connectivity index (χ3v) is 5.19. The van der Waals surface area contributed by atoms with Crippen LogP contribution in [0.1, 0.15) is 54.9 Å². The van der Waals surface area contributed by atoms with Gasteiger partial charge in [0, 0.05) is 18.3 Å². The number of unbranched alkanes of at least 4 members (excludes halogenated alkanes) is 1. The Morgan fingerprint density at radius 1 is 1.26 bits per heavy atom. The van der Waals surface area contributed by atoms with E-state index in [1.807, 2.05) is 6.92 Å². The summed E-state index contributed by atoms with van der Waals surface area (Å²) in [6.45, 7) is 5.77. The molecule has 1 unspecified atom stereocenters. The van der Waals surface area contributed by atoms with Gasteiger partial charge in [0.05, 0.1) is 11.3 Å². The first-order chi connectivity index (χ1) is 14.7. The molecule has 0 saturated heterocycles. The fourth-order valence-corrected chi connectivity index (χ4v) is 3.40. The molecule has 1 atom stereocenters. The molecule has 3 rings (SSSR count). The SMILES string of the molecule is CCCCC(C)(N)CNC(=O)c1c(C)nc2c(OCc3c(F)cccc3F)cccn12. The van der Waals surface area contributed by atoms with Crippen molar-refractivity contribution in [3.8, 4) is 5.75 Å². The van der Waals surface area contributed by atoms with Crippen LogP contribution in [0.15, 0.2) is 36.5 Å². The highest BCUT2D eigenvalue weighted by Crippen LogP contribution is 2.24. The van der Waals surface area contributed by atoms with E-state index in [1.54, 1.807) is 29.7 Å². The largest absolute Gasteiger partial charge is 0.485 e. The van der Waals surface area contributed by atoms with E-state index in [0.29, 0.717) is 29.3 Å². The fraction of sp³-hybridized carbons (Fsp3) is 0.391. The van der Waals surface area contributed by atoms with Gasteiger partial charge in [-0.15, -0.1) is 0 Å². The van der Waals surface area contributed by atoms with Crippen LogP contribution in [-0.4, -0.2) is 27.4 Å². The zero-order valence-corrected chi connectivity index (χ0v) is 18.0. The Morgan fingerprint density at radius 3 is 2.65 bits per heavy atom. The van der Waals surface area contributed by atoms with Crippen LogP contribution in [0.25, 0.3) is 5.65 Å². The number of pyridine rings is 1. The van der Waals surface area contributed by atoms with Crippen LogP contribution in [0.4, 0.5) is 8.78 Å². The Kier molecular flexibility index (Phi) is 6.90. The van der Waals surface area contributed by atoms with Crippen LogP contribution in [-0.2, 0) is 6.61 Å². The minimum atomic E-state index is -0.681. The van der Waals surface area contributed by atoms with Gasteiger partial charge in [0.1, 0.15) is 23.9 Å². The number of imidazole rings is 1. The lowest BCUT2D eigenvalue weighted by Gasteiger charge is -2.24. The molecule has 6 nitrogen and oxygen atoms in total. The molecule has 1 amide bonds. The lowest BCUT2D eigenvalue weighted by atomic mass is 9.96. The van der Waals surface area contributed by atoms with Gasteiger partial charge in [-0.2, -0.15) is 0 Å².